The van der Waals surface area contributed by atoms with E-state index in [1.165, 1.54) is 0 Å². The van der Waals surface area contributed by atoms with Gasteiger partial charge in [-0.25, -0.2) is 0 Å². The Hall–Kier alpha value is -1.83. The molecular formula is C20H26Cl2N2O4. The van der Waals surface area contributed by atoms with Gasteiger partial charge in [-0.1, -0.05) is 47.5 Å². The van der Waals surface area contributed by atoms with Crippen LogP contribution in [-0.2, 0) is 11.2 Å². The van der Waals surface area contributed by atoms with Crippen LogP contribution >= 0.6 is 23.2 Å². The van der Waals surface area contributed by atoms with Crippen molar-refractivity contribution < 1.29 is 20.1 Å². The van der Waals surface area contributed by atoms with Gasteiger partial charge in [-0.3, -0.25) is 4.79 Å². The number of anilines is 2. The number of rotatable bonds is 8. The summed E-state index contributed by atoms with van der Waals surface area (Å²) in [6.45, 7) is 4.50. The molecule has 8 heteroatoms. The van der Waals surface area contributed by atoms with E-state index >= 15 is 0 Å². The molecule has 0 amide bonds. The number of aliphatic hydroxyl groups excluding tert-OH is 2. The molecule has 2 unspecified atom stereocenters. The minimum Gasteiger partial charge on any atom is -0.481 e. The molecule has 0 heterocycles. The number of carboxylic acid groups (broad SMARTS) is 1. The minimum atomic E-state index is -0.889. The summed E-state index contributed by atoms with van der Waals surface area (Å²) in [4.78, 5) is 10.8. The van der Waals surface area contributed by atoms with E-state index < -0.39 is 5.97 Å². The molecule has 0 bridgehead atoms. The maximum atomic E-state index is 10.8. The fraction of sp³-hybridized carbons (Fsp3) is 0.350. The van der Waals surface area contributed by atoms with Crippen molar-refractivity contribution in [3.63, 3.8) is 0 Å². The van der Waals surface area contributed by atoms with Gasteiger partial charge in [-0.2, -0.15) is 0 Å². The Bertz CT molecular complexity index is 726. The van der Waals surface area contributed by atoms with Crippen LogP contribution in [0.5, 0.6) is 0 Å². The normalized spacial score (nSPS) is 12.5. The second-order valence-corrected chi connectivity index (χ2v) is 7.12. The summed E-state index contributed by atoms with van der Waals surface area (Å²) in [5, 5.41) is 33.3. The van der Waals surface area contributed by atoms with E-state index in [1.54, 1.807) is 50.2 Å². The molecule has 0 radical (unpaired) electrons. The summed E-state index contributed by atoms with van der Waals surface area (Å²) in [6.07, 6.45) is -0.724. The van der Waals surface area contributed by atoms with Crippen molar-refractivity contribution in [2.45, 2.75) is 32.5 Å². The average molecular weight is 429 g/mol. The van der Waals surface area contributed by atoms with Gasteiger partial charge in [0.1, 0.15) is 0 Å². The van der Waals surface area contributed by atoms with E-state index in [4.69, 9.17) is 38.5 Å². The monoisotopic (exact) mass is 428 g/mol. The number of nitrogens with one attached hydrogen (secondary N) is 2. The Morgan fingerprint density at radius 2 is 1.50 bits per heavy atom. The molecule has 5 N–H and O–H groups in total. The van der Waals surface area contributed by atoms with Crippen LogP contribution in [-0.4, -0.2) is 46.6 Å². The number of halogens is 2. The van der Waals surface area contributed by atoms with Crippen LogP contribution in [0.15, 0.2) is 42.5 Å². The van der Waals surface area contributed by atoms with E-state index in [1.807, 2.05) is 6.07 Å². The molecule has 154 valence electrons. The highest BCUT2D eigenvalue weighted by Crippen LogP contribution is 2.33. The molecule has 0 fully saturated rings. The van der Waals surface area contributed by atoms with Crippen LogP contribution in [0.4, 0.5) is 11.4 Å². The first-order valence-electron chi connectivity index (χ1n) is 8.78. The maximum Gasteiger partial charge on any atom is 0.307 e. The lowest BCUT2D eigenvalue weighted by atomic mass is 10.1. The SMILES string of the molecule is CC(O)CNCC(C)O.O=C(O)Cc1ccccc1Nc1c(Cl)cccc1Cl. The highest BCUT2D eigenvalue weighted by molar-refractivity contribution is 6.39. The number of benzene rings is 2. The first-order chi connectivity index (χ1) is 13.2. The summed E-state index contributed by atoms with van der Waals surface area (Å²) in [5.74, 6) is -0.889. The smallest absolute Gasteiger partial charge is 0.307 e. The minimum absolute atomic E-state index is 0.0642. The Balaban J connectivity index is 0.000000370. The van der Waals surface area contributed by atoms with Crippen molar-refractivity contribution in [1.82, 2.24) is 5.32 Å². The van der Waals surface area contributed by atoms with Crippen LogP contribution in [0, 0.1) is 0 Å². The highest BCUT2D eigenvalue weighted by Gasteiger charge is 2.10. The largest absolute Gasteiger partial charge is 0.481 e. The van der Waals surface area contributed by atoms with E-state index in [-0.39, 0.29) is 18.6 Å². The predicted octanol–water partition coefficient (Wildman–Crippen LogP) is 3.70. The third-order valence-corrected chi connectivity index (χ3v) is 4.09. The molecular weight excluding hydrogens is 403 g/mol. The lowest BCUT2D eigenvalue weighted by Crippen LogP contribution is -2.30. The molecule has 0 aliphatic rings. The number of hydrogen-bond acceptors (Lipinski definition) is 5. The molecule has 0 aliphatic heterocycles. The van der Waals surface area contributed by atoms with E-state index in [0.29, 0.717) is 40.1 Å². The standard InChI is InChI=1S/C14H11Cl2NO2.C6H15NO2/c15-10-5-3-6-11(16)14(10)17-12-7-2-1-4-9(12)8-13(18)19;1-5(8)3-7-4-6(2)9/h1-7,17H,8H2,(H,18,19);5-9H,3-4H2,1-2H3. The number of para-hydroxylation sites is 2. The lowest BCUT2D eigenvalue weighted by Gasteiger charge is -2.13. The molecule has 0 aromatic heterocycles. The predicted molar refractivity (Wildman–Crippen MR) is 114 cm³/mol. The summed E-state index contributed by atoms with van der Waals surface area (Å²) in [6, 6.07) is 12.3. The van der Waals surface area contributed by atoms with Crippen LogP contribution < -0.4 is 10.6 Å². The topological polar surface area (TPSA) is 102 Å². The van der Waals surface area contributed by atoms with Crippen LogP contribution in [0.1, 0.15) is 19.4 Å². The zero-order valence-electron chi connectivity index (χ0n) is 15.8. The fourth-order valence-electron chi connectivity index (χ4n) is 2.21. The van der Waals surface area contributed by atoms with Gasteiger partial charge in [0, 0.05) is 18.8 Å². The molecule has 2 aromatic rings. The molecule has 2 aromatic carbocycles. The average Bonchev–Trinajstić information content (AvgIpc) is 2.59. The van der Waals surface area contributed by atoms with E-state index in [0.717, 1.165) is 0 Å². The molecule has 2 atom stereocenters. The van der Waals surface area contributed by atoms with Crippen molar-refractivity contribution in [2.75, 3.05) is 18.4 Å². The Morgan fingerprint density at radius 3 is 2.00 bits per heavy atom. The third-order valence-electron chi connectivity index (χ3n) is 3.46. The lowest BCUT2D eigenvalue weighted by molar-refractivity contribution is -0.136. The molecule has 0 aliphatic carbocycles. The first kappa shape index (κ1) is 24.2. The van der Waals surface area contributed by atoms with Gasteiger partial charge >= 0.3 is 5.97 Å². The van der Waals surface area contributed by atoms with Gasteiger partial charge in [0.25, 0.3) is 0 Å². The van der Waals surface area contributed by atoms with Gasteiger partial charge in [-0.05, 0) is 37.6 Å². The van der Waals surface area contributed by atoms with Crippen molar-refractivity contribution in [3.05, 3.63) is 58.1 Å². The number of carbonyl (C=O) groups is 1. The van der Waals surface area contributed by atoms with Gasteiger partial charge in [0.05, 0.1) is 34.4 Å². The Kier molecular flexibility index (Phi) is 10.9. The van der Waals surface area contributed by atoms with E-state index in [9.17, 15) is 4.79 Å². The Labute approximate surface area is 175 Å². The second kappa shape index (κ2) is 12.6. The maximum absolute atomic E-state index is 10.8. The molecule has 28 heavy (non-hydrogen) atoms. The number of hydrogen-bond donors (Lipinski definition) is 5. The van der Waals surface area contributed by atoms with Gasteiger partial charge in [0.15, 0.2) is 0 Å². The summed E-state index contributed by atoms with van der Waals surface area (Å²) in [5.41, 5.74) is 1.93. The molecule has 0 saturated carbocycles. The fourth-order valence-corrected chi connectivity index (χ4v) is 2.70. The molecule has 2 rings (SSSR count). The van der Waals surface area contributed by atoms with Crippen molar-refractivity contribution in [3.8, 4) is 0 Å². The van der Waals surface area contributed by atoms with Crippen LogP contribution in [0.3, 0.4) is 0 Å². The van der Waals surface area contributed by atoms with Crippen LogP contribution in [0.25, 0.3) is 0 Å². The molecule has 6 nitrogen and oxygen atoms in total. The highest BCUT2D eigenvalue weighted by atomic mass is 35.5. The summed E-state index contributed by atoms with van der Waals surface area (Å²) in [7, 11) is 0. The van der Waals surface area contributed by atoms with Gasteiger partial charge in [-0.15, -0.1) is 0 Å². The van der Waals surface area contributed by atoms with Gasteiger partial charge < -0.3 is 26.0 Å². The quantitative estimate of drug-likeness (QED) is 0.439. The molecule has 0 spiro atoms. The van der Waals surface area contributed by atoms with Crippen molar-refractivity contribution >= 4 is 40.5 Å². The zero-order valence-corrected chi connectivity index (χ0v) is 17.3. The summed E-state index contributed by atoms with van der Waals surface area (Å²) < 4.78 is 0. The third kappa shape index (κ3) is 9.39. The Morgan fingerprint density at radius 1 is 0.964 bits per heavy atom. The van der Waals surface area contributed by atoms with Crippen molar-refractivity contribution in [1.29, 1.82) is 0 Å². The second-order valence-electron chi connectivity index (χ2n) is 6.31. The van der Waals surface area contributed by atoms with Crippen molar-refractivity contribution in [2.24, 2.45) is 0 Å². The summed E-state index contributed by atoms with van der Waals surface area (Å²) >= 11 is 12.1. The van der Waals surface area contributed by atoms with Crippen LogP contribution in [0.2, 0.25) is 10.0 Å². The van der Waals surface area contributed by atoms with Gasteiger partial charge in [0.2, 0.25) is 0 Å². The first-order valence-corrected chi connectivity index (χ1v) is 9.53. The molecule has 0 saturated heterocycles. The zero-order chi connectivity index (χ0) is 21.1. The number of aliphatic carboxylic acids is 1. The van der Waals surface area contributed by atoms with E-state index in [2.05, 4.69) is 10.6 Å². The number of carboxylic acids is 1. The number of aliphatic hydroxyl groups is 2.